The maximum absolute atomic E-state index is 12.5. The lowest BCUT2D eigenvalue weighted by molar-refractivity contribution is 0.0526. The van der Waals surface area contributed by atoms with Gasteiger partial charge in [0.15, 0.2) is 0 Å². The van der Waals surface area contributed by atoms with Crippen LogP contribution in [0.15, 0.2) is 54.6 Å². The van der Waals surface area contributed by atoms with Crippen LogP contribution in [0.2, 0.25) is 0 Å². The zero-order valence-corrected chi connectivity index (χ0v) is 16.0. The molecule has 0 aromatic heterocycles. The number of methoxy groups -OCH3 is 1. The van der Waals surface area contributed by atoms with Crippen molar-refractivity contribution < 1.29 is 19.1 Å². The summed E-state index contributed by atoms with van der Waals surface area (Å²) in [7, 11) is 1.38. The minimum absolute atomic E-state index is 0.0368. The number of fused-ring (bicyclic) bond motifs is 3. The SMILES string of the molecule is CCOC(=O)c1cccc2c1N[C@@H](c1ccc(C(=O)OC)cc1)[C@H]1CC=C[C@H]21. The summed E-state index contributed by atoms with van der Waals surface area (Å²) < 4.78 is 10.0. The number of allylic oxidation sites excluding steroid dienone is 2. The maximum atomic E-state index is 12.5. The zero-order valence-electron chi connectivity index (χ0n) is 16.0. The molecule has 28 heavy (non-hydrogen) atoms. The van der Waals surface area contributed by atoms with Crippen LogP contribution in [0.5, 0.6) is 0 Å². The molecule has 144 valence electrons. The highest BCUT2D eigenvalue weighted by Gasteiger charge is 2.39. The van der Waals surface area contributed by atoms with E-state index in [4.69, 9.17) is 9.47 Å². The molecule has 3 atom stereocenters. The number of esters is 2. The summed E-state index contributed by atoms with van der Waals surface area (Å²) in [6.07, 6.45) is 5.40. The van der Waals surface area contributed by atoms with Crippen LogP contribution >= 0.6 is 0 Å². The average molecular weight is 377 g/mol. The standard InChI is InChI=1S/C23H23NO4/c1-3-28-23(26)19-9-5-8-18-16-6-4-7-17(16)20(24-21(18)19)14-10-12-15(13-11-14)22(25)27-2/h4-6,8-13,16-17,20,24H,3,7H2,1-2H3/t16-,17-,20-/m0/s1. The van der Waals surface area contributed by atoms with Crippen molar-refractivity contribution in [3.05, 3.63) is 76.9 Å². The molecule has 5 heteroatoms. The van der Waals surface area contributed by atoms with Crippen LogP contribution < -0.4 is 5.32 Å². The van der Waals surface area contributed by atoms with Gasteiger partial charge in [0.2, 0.25) is 0 Å². The van der Waals surface area contributed by atoms with Gasteiger partial charge in [-0.15, -0.1) is 0 Å². The topological polar surface area (TPSA) is 64.6 Å². The Morgan fingerprint density at radius 1 is 1.11 bits per heavy atom. The Bertz CT molecular complexity index is 932. The first-order valence-corrected chi connectivity index (χ1v) is 9.55. The first-order valence-electron chi connectivity index (χ1n) is 9.55. The van der Waals surface area contributed by atoms with Gasteiger partial charge in [-0.25, -0.2) is 9.59 Å². The van der Waals surface area contributed by atoms with Crippen LogP contribution in [0.4, 0.5) is 5.69 Å². The van der Waals surface area contributed by atoms with E-state index >= 15 is 0 Å². The van der Waals surface area contributed by atoms with Crippen molar-refractivity contribution >= 4 is 17.6 Å². The summed E-state index contributed by atoms with van der Waals surface area (Å²) in [6, 6.07) is 13.3. The molecule has 5 nitrogen and oxygen atoms in total. The van der Waals surface area contributed by atoms with Crippen LogP contribution in [0.1, 0.15) is 57.1 Å². The number of para-hydroxylation sites is 1. The highest BCUT2D eigenvalue weighted by atomic mass is 16.5. The molecule has 0 radical (unpaired) electrons. The van der Waals surface area contributed by atoms with E-state index in [1.54, 1.807) is 18.2 Å². The molecule has 0 saturated heterocycles. The van der Waals surface area contributed by atoms with Gasteiger partial charge < -0.3 is 14.8 Å². The van der Waals surface area contributed by atoms with Crippen molar-refractivity contribution in [1.82, 2.24) is 0 Å². The van der Waals surface area contributed by atoms with Crippen LogP contribution in [-0.4, -0.2) is 25.7 Å². The first-order chi connectivity index (χ1) is 13.6. The highest BCUT2D eigenvalue weighted by molar-refractivity contribution is 5.97. The van der Waals surface area contributed by atoms with E-state index in [2.05, 4.69) is 23.5 Å². The molecule has 0 saturated carbocycles. The Kier molecular flexibility index (Phi) is 4.90. The predicted octanol–water partition coefficient (Wildman–Crippen LogP) is 4.48. The van der Waals surface area contributed by atoms with E-state index in [9.17, 15) is 9.59 Å². The van der Waals surface area contributed by atoms with Crippen molar-refractivity contribution in [2.75, 3.05) is 19.0 Å². The van der Waals surface area contributed by atoms with Gasteiger partial charge in [-0.3, -0.25) is 0 Å². The molecule has 2 aromatic carbocycles. The molecule has 0 fully saturated rings. The third kappa shape index (κ3) is 3.07. The van der Waals surface area contributed by atoms with Gasteiger partial charge in [0.1, 0.15) is 0 Å². The lowest BCUT2D eigenvalue weighted by Gasteiger charge is -2.38. The van der Waals surface area contributed by atoms with Gasteiger partial charge in [0, 0.05) is 5.92 Å². The molecule has 0 spiro atoms. The molecular formula is C23H23NO4. The first kappa shape index (κ1) is 18.3. The molecule has 4 rings (SSSR count). The van der Waals surface area contributed by atoms with Crippen LogP contribution in [-0.2, 0) is 9.47 Å². The molecule has 1 heterocycles. The van der Waals surface area contributed by atoms with E-state index in [1.807, 2.05) is 25.1 Å². The van der Waals surface area contributed by atoms with E-state index in [1.165, 1.54) is 7.11 Å². The van der Waals surface area contributed by atoms with Crippen molar-refractivity contribution in [2.45, 2.75) is 25.3 Å². The van der Waals surface area contributed by atoms with Crippen molar-refractivity contribution in [3.8, 4) is 0 Å². The summed E-state index contributed by atoms with van der Waals surface area (Å²) in [5.41, 5.74) is 4.14. The van der Waals surface area contributed by atoms with Crippen molar-refractivity contribution in [1.29, 1.82) is 0 Å². The third-order valence-corrected chi connectivity index (χ3v) is 5.58. The molecule has 0 amide bonds. The molecule has 2 aliphatic rings. The number of benzene rings is 2. The number of ether oxygens (including phenoxy) is 2. The highest BCUT2D eigenvalue weighted by Crippen LogP contribution is 2.50. The van der Waals surface area contributed by atoms with Crippen LogP contribution in [0.3, 0.4) is 0 Å². The number of nitrogens with one attached hydrogen (secondary N) is 1. The van der Waals surface area contributed by atoms with Gasteiger partial charge in [0.25, 0.3) is 0 Å². The van der Waals surface area contributed by atoms with Crippen molar-refractivity contribution in [2.24, 2.45) is 5.92 Å². The van der Waals surface area contributed by atoms with Gasteiger partial charge >= 0.3 is 11.9 Å². The lowest BCUT2D eigenvalue weighted by atomic mass is 9.76. The third-order valence-electron chi connectivity index (χ3n) is 5.58. The molecule has 0 bridgehead atoms. The van der Waals surface area contributed by atoms with Crippen molar-refractivity contribution in [3.63, 3.8) is 0 Å². The minimum Gasteiger partial charge on any atom is -0.465 e. The van der Waals surface area contributed by atoms with Gasteiger partial charge in [-0.2, -0.15) is 0 Å². The minimum atomic E-state index is -0.349. The second kappa shape index (κ2) is 7.50. The van der Waals surface area contributed by atoms with E-state index in [0.29, 0.717) is 23.7 Å². The number of carbonyl (C=O) groups is 2. The molecule has 2 aromatic rings. The van der Waals surface area contributed by atoms with Gasteiger partial charge in [-0.1, -0.05) is 36.4 Å². The Balaban J connectivity index is 1.73. The van der Waals surface area contributed by atoms with E-state index < -0.39 is 0 Å². The maximum Gasteiger partial charge on any atom is 0.340 e. The molecule has 1 aliphatic heterocycles. The smallest absolute Gasteiger partial charge is 0.340 e. The summed E-state index contributed by atoms with van der Waals surface area (Å²) >= 11 is 0. The Morgan fingerprint density at radius 2 is 1.89 bits per heavy atom. The monoisotopic (exact) mass is 377 g/mol. The van der Waals surface area contributed by atoms with Gasteiger partial charge in [0.05, 0.1) is 36.6 Å². The fourth-order valence-corrected chi connectivity index (χ4v) is 4.27. The Hall–Kier alpha value is -3.08. The normalized spacial score (nSPS) is 22.0. The number of rotatable bonds is 4. The second-order valence-corrected chi connectivity index (χ2v) is 7.08. The summed E-state index contributed by atoms with van der Waals surface area (Å²) in [6.45, 7) is 2.15. The predicted molar refractivity (Wildman–Crippen MR) is 107 cm³/mol. The van der Waals surface area contributed by atoms with E-state index in [-0.39, 0.29) is 23.9 Å². The Labute approximate surface area is 164 Å². The number of hydrogen-bond acceptors (Lipinski definition) is 5. The largest absolute Gasteiger partial charge is 0.465 e. The molecule has 1 aliphatic carbocycles. The van der Waals surface area contributed by atoms with Crippen LogP contribution in [0.25, 0.3) is 0 Å². The number of anilines is 1. The second-order valence-electron chi connectivity index (χ2n) is 7.08. The molecule has 0 unspecified atom stereocenters. The zero-order chi connectivity index (χ0) is 19.7. The fourth-order valence-electron chi connectivity index (χ4n) is 4.27. The summed E-state index contributed by atoms with van der Waals surface area (Å²) in [5.74, 6) is -0.0598. The number of hydrogen-bond donors (Lipinski definition) is 1. The number of carbonyl (C=O) groups excluding carboxylic acids is 2. The fraction of sp³-hybridized carbons (Fsp3) is 0.304. The molecule has 1 N–H and O–H groups in total. The summed E-state index contributed by atoms with van der Waals surface area (Å²) in [5, 5.41) is 3.60. The Morgan fingerprint density at radius 3 is 2.61 bits per heavy atom. The lowest BCUT2D eigenvalue weighted by Crippen LogP contribution is -2.30. The molecular weight excluding hydrogens is 354 g/mol. The quantitative estimate of drug-likeness (QED) is 0.629. The van der Waals surface area contributed by atoms with Crippen LogP contribution in [0, 0.1) is 5.92 Å². The van der Waals surface area contributed by atoms with E-state index in [0.717, 1.165) is 23.2 Å². The average Bonchev–Trinajstić information content (AvgIpc) is 3.22. The van der Waals surface area contributed by atoms with Gasteiger partial charge in [-0.05, 0) is 48.6 Å². The summed E-state index contributed by atoms with van der Waals surface area (Å²) in [4.78, 5) is 24.2.